The van der Waals surface area contributed by atoms with Crippen molar-refractivity contribution in [1.82, 2.24) is 0 Å². The van der Waals surface area contributed by atoms with E-state index in [-0.39, 0.29) is 23.2 Å². The third kappa shape index (κ3) is 2.65. The van der Waals surface area contributed by atoms with Gasteiger partial charge in [-0.15, -0.1) is 0 Å². The fourth-order valence-electron chi connectivity index (χ4n) is 6.04. The minimum absolute atomic E-state index is 0.104. The standard InChI is InChI=1S/C21H30O4/c1-12(2)14-10-13-6-7-17-20(3,16(13)11-15(14)18(22)23)8-5-9-21(17,4)19(24)25/h10-13,16-17H,5-9H2,1-4H3,(H,22,23)(H,24,25). The Kier molecular flexibility index (Phi) is 4.37. The fourth-order valence-corrected chi connectivity index (χ4v) is 6.04. The van der Waals surface area contributed by atoms with Crippen molar-refractivity contribution in [2.45, 2.75) is 59.8 Å². The number of hydrogen-bond acceptors (Lipinski definition) is 2. The lowest BCUT2D eigenvalue weighted by Crippen LogP contribution is -2.54. The van der Waals surface area contributed by atoms with Crippen molar-refractivity contribution >= 4 is 11.9 Å². The summed E-state index contributed by atoms with van der Waals surface area (Å²) < 4.78 is 0. The Balaban J connectivity index is 2.05. The van der Waals surface area contributed by atoms with E-state index in [9.17, 15) is 19.8 Å². The lowest BCUT2D eigenvalue weighted by molar-refractivity contribution is -0.166. The topological polar surface area (TPSA) is 74.6 Å². The van der Waals surface area contributed by atoms with E-state index in [1.807, 2.05) is 26.8 Å². The number of allylic oxidation sites excluding steroid dienone is 2. The zero-order chi connectivity index (χ0) is 18.6. The van der Waals surface area contributed by atoms with E-state index in [2.05, 4.69) is 13.0 Å². The molecule has 2 N–H and O–H groups in total. The Hall–Kier alpha value is -1.58. The Bertz CT molecular complexity index is 659. The average molecular weight is 346 g/mol. The molecule has 138 valence electrons. The van der Waals surface area contributed by atoms with E-state index >= 15 is 0 Å². The molecule has 0 aliphatic heterocycles. The fraction of sp³-hybridized carbons (Fsp3) is 0.714. The molecule has 5 unspecified atom stereocenters. The summed E-state index contributed by atoms with van der Waals surface area (Å²) in [5.41, 5.74) is 0.527. The van der Waals surface area contributed by atoms with E-state index in [1.54, 1.807) is 0 Å². The molecular formula is C21H30O4. The van der Waals surface area contributed by atoms with Gasteiger partial charge >= 0.3 is 11.9 Å². The first-order valence-corrected chi connectivity index (χ1v) is 9.52. The molecule has 0 saturated heterocycles. The number of fused-ring (bicyclic) bond motifs is 3. The highest BCUT2D eigenvalue weighted by molar-refractivity contribution is 5.92. The molecule has 25 heavy (non-hydrogen) atoms. The van der Waals surface area contributed by atoms with E-state index in [4.69, 9.17) is 0 Å². The molecule has 3 aliphatic carbocycles. The molecule has 3 rings (SSSR count). The second kappa shape index (κ2) is 6.00. The predicted molar refractivity (Wildman–Crippen MR) is 96.0 cm³/mol. The van der Waals surface area contributed by atoms with Crippen LogP contribution in [0.3, 0.4) is 0 Å². The molecular weight excluding hydrogens is 316 g/mol. The van der Waals surface area contributed by atoms with Crippen LogP contribution in [0.5, 0.6) is 0 Å². The molecule has 4 heteroatoms. The summed E-state index contributed by atoms with van der Waals surface area (Å²) in [5, 5.41) is 19.6. The van der Waals surface area contributed by atoms with Crippen molar-refractivity contribution < 1.29 is 19.8 Å². The van der Waals surface area contributed by atoms with Crippen LogP contribution >= 0.6 is 0 Å². The van der Waals surface area contributed by atoms with Gasteiger partial charge < -0.3 is 10.2 Å². The van der Waals surface area contributed by atoms with Gasteiger partial charge in [-0.05, 0) is 67.3 Å². The number of carbonyl (C=O) groups is 2. The monoisotopic (exact) mass is 346 g/mol. The molecule has 4 nitrogen and oxygen atoms in total. The van der Waals surface area contributed by atoms with Crippen LogP contribution in [-0.4, -0.2) is 22.2 Å². The number of aliphatic carboxylic acids is 2. The van der Waals surface area contributed by atoms with Crippen LogP contribution in [0.2, 0.25) is 0 Å². The van der Waals surface area contributed by atoms with E-state index < -0.39 is 17.4 Å². The number of hydrogen-bond donors (Lipinski definition) is 2. The van der Waals surface area contributed by atoms with E-state index in [1.165, 1.54) is 0 Å². The first kappa shape index (κ1) is 18.2. The van der Waals surface area contributed by atoms with Gasteiger partial charge in [0.25, 0.3) is 0 Å². The van der Waals surface area contributed by atoms with Crippen LogP contribution in [0, 0.1) is 34.5 Å². The molecule has 0 bridgehead atoms. The molecule has 5 atom stereocenters. The second-order valence-corrected chi connectivity index (χ2v) is 9.06. The second-order valence-electron chi connectivity index (χ2n) is 9.06. The smallest absolute Gasteiger partial charge is 0.335 e. The molecule has 0 aromatic carbocycles. The van der Waals surface area contributed by atoms with E-state index in [0.717, 1.165) is 37.7 Å². The maximum atomic E-state index is 12.0. The van der Waals surface area contributed by atoms with Crippen molar-refractivity contribution in [3.8, 4) is 0 Å². The molecule has 0 amide bonds. The third-order valence-electron chi connectivity index (χ3n) is 7.38. The highest BCUT2D eigenvalue weighted by atomic mass is 16.4. The van der Waals surface area contributed by atoms with Crippen LogP contribution < -0.4 is 0 Å². The van der Waals surface area contributed by atoms with Gasteiger partial charge in [0.2, 0.25) is 0 Å². The minimum atomic E-state index is -0.860. The van der Waals surface area contributed by atoms with Gasteiger partial charge in [0.1, 0.15) is 0 Å². The summed E-state index contributed by atoms with van der Waals surface area (Å²) in [6, 6.07) is 0. The van der Waals surface area contributed by atoms with Gasteiger partial charge in [0, 0.05) is 0 Å². The van der Waals surface area contributed by atoms with Crippen molar-refractivity contribution in [2.24, 2.45) is 34.5 Å². The molecule has 3 aliphatic rings. The molecule has 2 saturated carbocycles. The lowest BCUT2D eigenvalue weighted by Gasteiger charge is -2.58. The normalized spacial score (nSPS) is 40.6. The molecule has 0 aromatic heterocycles. The van der Waals surface area contributed by atoms with Crippen molar-refractivity contribution in [3.63, 3.8) is 0 Å². The lowest BCUT2D eigenvalue weighted by atomic mass is 9.45. The molecule has 0 spiro atoms. The summed E-state index contributed by atoms with van der Waals surface area (Å²) in [7, 11) is 0. The largest absolute Gasteiger partial charge is 0.481 e. The number of rotatable bonds is 3. The third-order valence-corrected chi connectivity index (χ3v) is 7.38. The quantitative estimate of drug-likeness (QED) is 0.788. The van der Waals surface area contributed by atoms with Crippen molar-refractivity contribution in [1.29, 1.82) is 0 Å². The van der Waals surface area contributed by atoms with Crippen LogP contribution in [0.15, 0.2) is 23.3 Å². The SMILES string of the molecule is CC(C)C1=CC2CCC3C(C)(C(=O)O)CCCC3(C)C2C=C1C(=O)O. The first-order valence-electron chi connectivity index (χ1n) is 9.52. The van der Waals surface area contributed by atoms with Gasteiger partial charge in [-0.3, -0.25) is 4.79 Å². The average Bonchev–Trinajstić information content (AvgIpc) is 2.53. The zero-order valence-corrected chi connectivity index (χ0v) is 15.7. The highest BCUT2D eigenvalue weighted by Crippen LogP contribution is 2.63. The Morgan fingerprint density at radius 2 is 1.80 bits per heavy atom. The molecule has 0 aromatic rings. The van der Waals surface area contributed by atoms with Crippen LogP contribution in [0.25, 0.3) is 0 Å². The summed E-state index contributed by atoms with van der Waals surface area (Å²) in [6.07, 6.45) is 8.63. The van der Waals surface area contributed by atoms with Gasteiger partial charge in [-0.1, -0.05) is 39.3 Å². The summed E-state index contributed by atoms with van der Waals surface area (Å²) in [4.78, 5) is 23.9. The maximum Gasteiger partial charge on any atom is 0.335 e. The zero-order valence-electron chi connectivity index (χ0n) is 15.7. The molecule has 0 radical (unpaired) electrons. The summed E-state index contributed by atoms with van der Waals surface area (Å²) in [6.45, 7) is 8.19. The molecule has 2 fully saturated rings. The Morgan fingerprint density at radius 1 is 1.12 bits per heavy atom. The Morgan fingerprint density at radius 3 is 2.36 bits per heavy atom. The van der Waals surface area contributed by atoms with Crippen LogP contribution in [-0.2, 0) is 9.59 Å². The number of carboxylic acid groups (broad SMARTS) is 2. The van der Waals surface area contributed by atoms with Gasteiger partial charge in [-0.25, -0.2) is 4.79 Å². The predicted octanol–water partition coefficient (Wildman–Crippen LogP) is 4.52. The van der Waals surface area contributed by atoms with Crippen LogP contribution in [0.4, 0.5) is 0 Å². The summed E-state index contributed by atoms with van der Waals surface area (Å²) >= 11 is 0. The molecule has 0 heterocycles. The van der Waals surface area contributed by atoms with Gasteiger partial charge in [-0.2, -0.15) is 0 Å². The van der Waals surface area contributed by atoms with Crippen molar-refractivity contribution in [2.75, 3.05) is 0 Å². The maximum absolute atomic E-state index is 12.0. The van der Waals surface area contributed by atoms with Crippen LogP contribution in [0.1, 0.15) is 59.8 Å². The van der Waals surface area contributed by atoms with E-state index in [0.29, 0.717) is 11.5 Å². The van der Waals surface area contributed by atoms with Gasteiger partial charge in [0.05, 0.1) is 11.0 Å². The Labute approximate surface area is 150 Å². The number of carboxylic acids is 2. The summed E-state index contributed by atoms with van der Waals surface area (Å²) in [5.74, 6) is -0.812. The first-order chi connectivity index (χ1) is 11.6. The highest BCUT2D eigenvalue weighted by Gasteiger charge is 2.58. The van der Waals surface area contributed by atoms with Crippen molar-refractivity contribution in [3.05, 3.63) is 23.3 Å². The van der Waals surface area contributed by atoms with Gasteiger partial charge in [0.15, 0.2) is 0 Å². The minimum Gasteiger partial charge on any atom is -0.481 e.